The van der Waals surface area contributed by atoms with Gasteiger partial charge in [0.25, 0.3) is 5.91 Å². The van der Waals surface area contributed by atoms with Gasteiger partial charge >= 0.3 is 0 Å². The van der Waals surface area contributed by atoms with Gasteiger partial charge in [0.2, 0.25) is 10.0 Å². The van der Waals surface area contributed by atoms with E-state index >= 15 is 0 Å². The molecule has 0 atom stereocenters. The lowest BCUT2D eigenvalue weighted by molar-refractivity contribution is 0.0391. The largest absolute Gasteiger partial charge is 0.379 e. The Labute approximate surface area is 227 Å². The van der Waals surface area contributed by atoms with Crippen molar-refractivity contribution in [1.82, 2.24) is 14.2 Å². The summed E-state index contributed by atoms with van der Waals surface area (Å²) in [6, 6.07) is 10.9. The van der Waals surface area contributed by atoms with E-state index in [4.69, 9.17) is 4.74 Å². The van der Waals surface area contributed by atoms with Crippen molar-refractivity contribution < 1.29 is 26.4 Å². The summed E-state index contributed by atoms with van der Waals surface area (Å²) in [6.07, 6.45) is 1.13. The van der Waals surface area contributed by atoms with Crippen molar-refractivity contribution in [3.8, 4) is 0 Å². The normalized spacial score (nSPS) is 15.3. The fourth-order valence-corrected chi connectivity index (χ4v) is 7.69. The lowest BCUT2D eigenvalue weighted by Gasteiger charge is -2.29. The van der Waals surface area contributed by atoms with Crippen LogP contribution in [0.3, 0.4) is 0 Å². The maximum atomic E-state index is 13.8. The highest BCUT2D eigenvalue weighted by molar-refractivity contribution is 7.91. The van der Waals surface area contributed by atoms with Crippen LogP contribution in [0.2, 0.25) is 0 Å². The summed E-state index contributed by atoms with van der Waals surface area (Å²) in [7, 11) is -7.17. The Balaban J connectivity index is 1.69. The number of benzene rings is 2. The maximum Gasteiger partial charge on any atom is 0.260 e. The third-order valence-electron chi connectivity index (χ3n) is 6.43. The first kappa shape index (κ1) is 28.6. The topological polar surface area (TPSA) is 117 Å². The van der Waals surface area contributed by atoms with Crippen LogP contribution in [0.15, 0.2) is 52.3 Å². The summed E-state index contributed by atoms with van der Waals surface area (Å²) < 4.78 is 57.9. The van der Waals surface area contributed by atoms with Gasteiger partial charge in [0.15, 0.2) is 15.0 Å². The molecule has 10 nitrogen and oxygen atoms in total. The molecule has 206 valence electrons. The number of rotatable bonds is 10. The SMILES string of the molecule is CCN(CC)S(=O)(=O)c1ccc(C(=O)N(CCN2CCOCC2)c2nc3c(S(C)(=O)=O)cccc3s2)cc1. The number of nitrogens with zero attached hydrogens (tertiary/aromatic N) is 4. The molecule has 1 saturated heterocycles. The number of thiazole rings is 1. The number of carbonyl (C=O) groups excluding carboxylic acids is 1. The molecule has 0 radical (unpaired) electrons. The quantitative estimate of drug-likeness (QED) is 0.359. The highest BCUT2D eigenvalue weighted by Crippen LogP contribution is 2.33. The van der Waals surface area contributed by atoms with Crippen LogP contribution in [0.25, 0.3) is 10.2 Å². The Bertz CT molecular complexity index is 1490. The number of morpholine rings is 1. The molecule has 3 aromatic rings. The molecule has 1 aliphatic rings. The van der Waals surface area contributed by atoms with Crippen LogP contribution in [0.4, 0.5) is 5.13 Å². The summed E-state index contributed by atoms with van der Waals surface area (Å²) in [5.41, 5.74) is 0.646. The predicted molar refractivity (Wildman–Crippen MR) is 148 cm³/mol. The molecule has 2 aromatic carbocycles. The standard InChI is InChI=1S/C25H32N4O6S3/c1-4-28(5-2)38(33,34)20-11-9-19(10-12-20)24(30)29(14-13-27-15-17-35-18-16-27)25-26-23-21(36-25)7-6-8-22(23)37(3,31)32/h6-12H,4-5,13-18H2,1-3H3. The van der Waals surface area contributed by atoms with Crippen molar-refractivity contribution in [2.24, 2.45) is 0 Å². The van der Waals surface area contributed by atoms with Crippen LogP contribution in [0.1, 0.15) is 24.2 Å². The van der Waals surface area contributed by atoms with Crippen molar-refractivity contribution in [2.45, 2.75) is 23.6 Å². The molecule has 0 unspecified atom stereocenters. The summed E-state index contributed by atoms with van der Waals surface area (Å²) in [6.45, 7) is 7.89. The van der Waals surface area contributed by atoms with E-state index in [0.717, 1.165) is 19.3 Å². The van der Waals surface area contributed by atoms with Crippen LogP contribution in [0.5, 0.6) is 0 Å². The van der Waals surface area contributed by atoms with Crippen molar-refractivity contribution in [2.75, 3.05) is 63.6 Å². The lowest BCUT2D eigenvalue weighted by Crippen LogP contribution is -2.43. The maximum absolute atomic E-state index is 13.8. The molecule has 13 heteroatoms. The van der Waals surface area contributed by atoms with Gasteiger partial charge in [-0.3, -0.25) is 14.6 Å². The number of sulfonamides is 1. The molecular weight excluding hydrogens is 548 g/mol. The highest BCUT2D eigenvalue weighted by Gasteiger charge is 2.26. The summed E-state index contributed by atoms with van der Waals surface area (Å²) in [5.74, 6) is -0.343. The van der Waals surface area contributed by atoms with Gasteiger partial charge in [-0.1, -0.05) is 31.3 Å². The van der Waals surface area contributed by atoms with Gasteiger partial charge in [-0.25, -0.2) is 21.8 Å². The van der Waals surface area contributed by atoms with Crippen LogP contribution in [-0.4, -0.2) is 95.7 Å². The Morgan fingerprint density at radius 3 is 2.29 bits per heavy atom. The van der Waals surface area contributed by atoms with Crippen molar-refractivity contribution in [1.29, 1.82) is 0 Å². The lowest BCUT2D eigenvalue weighted by atomic mass is 10.2. The molecular formula is C25H32N4O6S3. The minimum Gasteiger partial charge on any atom is -0.379 e. The Hall–Kier alpha value is -2.42. The zero-order valence-electron chi connectivity index (χ0n) is 21.7. The molecule has 2 heterocycles. The fraction of sp³-hybridized carbons (Fsp3) is 0.440. The molecule has 0 spiro atoms. The van der Waals surface area contributed by atoms with Gasteiger partial charge in [-0.15, -0.1) is 0 Å². The molecule has 1 fully saturated rings. The molecule has 0 bridgehead atoms. The van der Waals surface area contributed by atoms with Crippen molar-refractivity contribution in [3.63, 3.8) is 0 Å². The van der Waals surface area contributed by atoms with Crippen molar-refractivity contribution >= 4 is 52.5 Å². The van der Waals surface area contributed by atoms with E-state index in [0.29, 0.717) is 60.3 Å². The second-order valence-electron chi connectivity index (χ2n) is 8.90. The summed E-state index contributed by atoms with van der Waals surface area (Å²) >= 11 is 1.25. The Kier molecular flexibility index (Phi) is 8.85. The second-order valence-corrected chi connectivity index (χ2v) is 13.8. The van der Waals surface area contributed by atoms with E-state index in [-0.39, 0.29) is 15.7 Å². The van der Waals surface area contributed by atoms with Gasteiger partial charge < -0.3 is 4.74 Å². The first-order chi connectivity index (χ1) is 18.1. The van der Waals surface area contributed by atoms with E-state index in [1.165, 1.54) is 46.0 Å². The molecule has 1 aromatic heterocycles. The third kappa shape index (κ3) is 6.08. The van der Waals surface area contributed by atoms with Crippen LogP contribution >= 0.6 is 11.3 Å². The zero-order chi connectivity index (χ0) is 27.5. The van der Waals surface area contributed by atoms with E-state index in [1.807, 2.05) is 0 Å². The number of aromatic nitrogens is 1. The monoisotopic (exact) mass is 580 g/mol. The van der Waals surface area contributed by atoms with Crippen LogP contribution < -0.4 is 4.90 Å². The Morgan fingerprint density at radius 1 is 1.03 bits per heavy atom. The van der Waals surface area contributed by atoms with Gasteiger partial charge in [0, 0.05) is 51.1 Å². The number of sulfone groups is 1. The molecule has 0 saturated carbocycles. The third-order valence-corrected chi connectivity index (χ3v) is 10.7. The highest BCUT2D eigenvalue weighted by atomic mass is 32.2. The number of hydrogen-bond donors (Lipinski definition) is 0. The average Bonchev–Trinajstić information content (AvgIpc) is 3.33. The zero-order valence-corrected chi connectivity index (χ0v) is 24.1. The number of carbonyl (C=O) groups is 1. The minimum absolute atomic E-state index is 0.115. The molecule has 1 aliphatic heterocycles. The number of amides is 1. The van der Waals surface area contributed by atoms with Crippen LogP contribution in [0, 0.1) is 0 Å². The second kappa shape index (κ2) is 11.8. The first-order valence-electron chi connectivity index (χ1n) is 12.4. The van der Waals surface area contributed by atoms with Gasteiger partial charge in [-0.05, 0) is 36.4 Å². The fourth-order valence-electron chi connectivity index (χ4n) is 4.31. The van der Waals surface area contributed by atoms with E-state index < -0.39 is 19.9 Å². The summed E-state index contributed by atoms with van der Waals surface area (Å²) in [4.78, 5) is 22.3. The van der Waals surface area contributed by atoms with E-state index in [2.05, 4.69) is 9.88 Å². The molecule has 0 N–H and O–H groups in total. The number of fused-ring (bicyclic) bond motifs is 1. The molecule has 0 aliphatic carbocycles. The Morgan fingerprint density at radius 2 is 1.68 bits per heavy atom. The molecule has 1 amide bonds. The average molecular weight is 581 g/mol. The van der Waals surface area contributed by atoms with E-state index in [1.54, 1.807) is 30.9 Å². The number of para-hydroxylation sites is 1. The smallest absolute Gasteiger partial charge is 0.260 e. The molecule has 38 heavy (non-hydrogen) atoms. The van der Waals surface area contributed by atoms with Crippen LogP contribution in [-0.2, 0) is 24.6 Å². The minimum atomic E-state index is -3.65. The van der Waals surface area contributed by atoms with Gasteiger partial charge in [0.1, 0.15) is 5.52 Å². The number of hydrogen-bond acceptors (Lipinski definition) is 9. The number of ether oxygens (including phenoxy) is 1. The van der Waals surface area contributed by atoms with E-state index in [9.17, 15) is 21.6 Å². The van der Waals surface area contributed by atoms with Gasteiger partial charge in [0.05, 0.1) is 27.7 Å². The predicted octanol–water partition coefficient (Wildman–Crippen LogP) is 2.71. The van der Waals surface area contributed by atoms with Gasteiger partial charge in [-0.2, -0.15) is 4.31 Å². The first-order valence-corrected chi connectivity index (χ1v) is 16.5. The molecule has 4 rings (SSSR count). The summed E-state index contributed by atoms with van der Waals surface area (Å²) in [5, 5.41) is 0.384. The van der Waals surface area contributed by atoms with Crippen molar-refractivity contribution in [3.05, 3.63) is 48.0 Å². The number of anilines is 1.